The van der Waals surface area contributed by atoms with Crippen molar-refractivity contribution in [3.05, 3.63) is 38.6 Å². The molecule has 0 aliphatic heterocycles. The van der Waals surface area contributed by atoms with E-state index in [9.17, 15) is 0 Å². The van der Waals surface area contributed by atoms with Crippen molar-refractivity contribution >= 4 is 55.0 Å². The van der Waals surface area contributed by atoms with Crippen LogP contribution in [0.15, 0.2) is 33.5 Å². The molecule has 2 rings (SSSR count). The third-order valence-electron chi connectivity index (χ3n) is 2.17. The minimum absolute atomic E-state index is 0.353. The lowest BCUT2D eigenvalue weighted by molar-refractivity contribution is 0.415. The fourth-order valence-corrected chi connectivity index (χ4v) is 2.07. The normalized spacial score (nSPS) is 10.2. The highest BCUT2D eigenvalue weighted by atomic mass is 79.9. The second-order valence-corrected chi connectivity index (χ2v) is 5.30. The zero-order chi connectivity index (χ0) is 13.1. The van der Waals surface area contributed by atoms with E-state index >= 15 is 0 Å². The molecule has 1 aromatic heterocycles. The van der Waals surface area contributed by atoms with E-state index in [0.717, 1.165) is 15.9 Å². The van der Waals surface area contributed by atoms with E-state index in [4.69, 9.17) is 16.3 Å². The first-order valence-electron chi connectivity index (χ1n) is 4.88. The molecule has 4 nitrogen and oxygen atoms in total. The minimum Gasteiger partial charge on any atom is -0.497 e. The molecule has 1 aromatic carbocycles. The van der Waals surface area contributed by atoms with E-state index < -0.39 is 0 Å². The van der Waals surface area contributed by atoms with Crippen LogP contribution in [0, 0.1) is 0 Å². The molecule has 1 N–H and O–H groups in total. The second-order valence-electron chi connectivity index (χ2n) is 3.30. The van der Waals surface area contributed by atoms with Crippen LogP contribution in [0.2, 0.25) is 5.15 Å². The molecule has 0 saturated heterocycles. The van der Waals surface area contributed by atoms with E-state index in [1.807, 2.05) is 18.2 Å². The van der Waals surface area contributed by atoms with Crippen molar-refractivity contribution in [1.29, 1.82) is 0 Å². The van der Waals surface area contributed by atoms with Crippen LogP contribution in [0.3, 0.4) is 0 Å². The molecule has 7 heteroatoms. The van der Waals surface area contributed by atoms with Gasteiger partial charge >= 0.3 is 0 Å². The van der Waals surface area contributed by atoms with Crippen molar-refractivity contribution < 1.29 is 4.74 Å². The number of nitrogens with one attached hydrogen (secondary N) is 1. The van der Waals surface area contributed by atoms with Gasteiger partial charge in [-0.05, 0) is 44.0 Å². The van der Waals surface area contributed by atoms with Crippen molar-refractivity contribution in [3.63, 3.8) is 0 Å². The predicted octanol–water partition coefficient (Wildman–Crippen LogP) is 4.41. The highest BCUT2D eigenvalue weighted by molar-refractivity contribution is 9.11. The van der Waals surface area contributed by atoms with Crippen LogP contribution in [0.4, 0.5) is 11.5 Å². The molecule has 0 aliphatic carbocycles. The Morgan fingerprint density at radius 2 is 2.06 bits per heavy atom. The molecule has 94 valence electrons. The van der Waals surface area contributed by atoms with E-state index in [0.29, 0.717) is 15.4 Å². The molecular formula is C11H8Br2ClN3O. The summed E-state index contributed by atoms with van der Waals surface area (Å²) in [4.78, 5) is 7.98. The summed E-state index contributed by atoms with van der Waals surface area (Å²) < 4.78 is 6.68. The van der Waals surface area contributed by atoms with Gasteiger partial charge in [-0.2, -0.15) is 0 Å². The first kappa shape index (κ1) is 13.6. The molecule has 0 fully saturated rings. The average Bonchev–Trinajstić information content (AvgIpc) is 2.37. The van der Waals surface area contributed by atoms with Crippen molar-refractivity contribution in [2.75, 3.05) is 12.4 Å². The largest absolute Gasteiger partial charge is 0.497 e. The van der Waals surface area contributed by atoms with Crippen LogP contribution in [0.1, 0.15) is 0 Å². The Hall–Kier alpha value is -0.850. The number of anilines is 2. The van der Waals surface area contributed by atoms with Crippen LogP contribution < -0.4 is 10.1 Å². The molecule has 0 atom stereocenters. The molecule has 0 spiro atoms. The number of aromatic nitrogens is 2. The molecule has 1 heterocycles. The van der Waals surface area contributed by atoms with Gasteiger partial charge in [0.05, 0.1) is 17.3 Å². The Morgan fingerprint density at radius 1 is 1.28 bits per heavy atom. The standard InChI is InChI=1S/C11H8Br2ClN3O/c1-18-6-2-3-7(12)8(4-6)17-11-9(13)10(14)15-5-16-11/h2-5H,1H3,(H,15,16,17). The van der Waals surface area contributed by atoms with E-state index in [2.05, 4.69) is 47.1 Å². The summed E-state index contributed by atoms with van der Waals surface area (Å²) in [5.41, 5.74) is 0.824. The number of halogens is 3. The number of hydrogen-bond acceptors (Lipinski definition) is 4. The third kappa shape index (κ3) is 2.93. The lowest BCUT2D eigenvalue weighted by atomic mass is 10.3. The highest BCUT2D eigenvalue weighted by Gasteiger charge is 2.09. The van der Waals surface area contributed by atoms with Gasteiger partial charge in [0, 0.05) is 10.5 Å². The van der Waals surface area contributed by atoms with Crippen molar-refractivity contribution in [2.45, 2.75) is 0 Å². The Bertz CT molecular complexity index is 580. The average molecular weight is 393 g/mol. The van der Waals surface area contributed by atoms with Crippen LogP contribution in [-0.2, 0) is 0 Å². The van der Waals surface area contributed by atoms with Crippen LogP contribution >= 0.6 is 43.5 Å². The second kappa shape index (κ2) is 5.86. The van der Waals surface area contributed by atoms with E-state index in [-0.39, 0.29) is 0 Å². The van der Waals surface area contributed by atoms with Gasteiger partial charge in [0.2, 0.25) is 0 Å². The number of rotatable bonds is 3. The lowest BCUT2D eigenvalue weighted by Crippen LogP contribution is -1.97. The molecular weight excluding hydrogens is 385 g/mol. The van der Waals surface area contributed by atoms with Gasteiger partial charge in [0.1, 0.15) is 23.0 Å². The number of benzene rings is 1. The fraction of sp³-hybridized carbons (Fsp3) is 0.0909. The Balaban J connectivity index is 2.36. The summed E-state index contributed by atoms with van der Waals surface area (Å²) in [6.07, 6.45) is 1.39. The van der Waals surface area contributed by atoms with Gasteiger partial charge in [-0.3, -0.25) is 0 Å². The number of methoxy groups -OCH3 is 1. The zero-order valence-corrected chi connectivity index (χ0v) is 13.2. The summed E-state index contributed by atoms with van der Waals surface area (Å²) in [7, 11) is 1.62. The SMILES string of the molecule is COc1ccc(Br)c(Nc2ncnc(Cl)c2Br)c1. The maximum atomic E-state index is 5.90. The minimum atomic E-state index is 0.353. The maximum absolute atomic E-state index is 5.90. The summed E-state index contributed by atoms with van der Waals surface area (Å²) in [6.45, 7) is 0. The van der Waals surface area contributed by atoms with Gasteiger partial charge in [-0.25, -0.2) is 9.97 Å². The van der Waals surface area contributed by atoms with Crippen LogP contribution in [-0.4, -0.2) is 17.1 Å². The summed E-state index contributed by atoms with van der Waals surface area (Å²) in [5.74, 6) is 1.33. The lowest BCUT2D eigenvalue weighted by Gasteiger charge is -2.11. The molecule has 0 radical (unpaired) electrons. The molecule has 2 aromatic rings. The van der Waals surface area contributed by atoms with Gasteiger partial charge < -0.3 is 10.1 Å². The Labute approximate surface area is 126 Å². The summed E-state index contributed by atoms with van der Waals surface area (Å²) in [6, 6.07) is 5.60. The van der Waals surface area contributed by atoms with Crippen molar-refractivity contribution in [3.8, 4) is 5.75 Å². The van der Waals surface area contributed by atoms with Gasteiger partial charge in [-0.1, -0.05) is 11.6 Å². The fourth-order valence-electron chi connectivity index (χ4n) is 1.29. The van der Waals surface area contributed by atoms with Gasteiger partial charge in [-0.15, -0.1) is 0 Å². The van der Waals surface area contributed by atoms with Crippen LogP contribution in [0.5, 0.6) is 5.75 Å². The van der Waals surface area contributed by atoms with Crippen molar-refractivity contribution in [2.24, 2.45) is 0 Å². The number of ether oxygens (including phenoxy) is 1. The van der Waals surface area contributed by atoms with E-state index in [1.54, 1.807) is 7.11 Å². The Morgan fingerprint density at radius 3 is 2.78 bits per heavy atom. The molecule has 0 amide bonds. The summed E-state index contributed by atoms with van der Waals surface area (Å²) >= 11 is 12.7. The molecule has 0 aliphatic rings. The third-order valence-corrected chi connectivity index (χ3v) is 4.13. The first-order chi connectivity index (χ1) is 8.61. The van der Waals surface area contributed by atoms with Gasteiger partial charge in [0.15, 0.2) is 0 Å². The van der Waals surface area contributed by atoms with E-state index in [1.165, 1.54) is 6.33 Å². The smallest absolute Gasteiger partial charge is 0.149 e. The molecule has 0 bridgehead atoms. The first-order valence-corrected chi connectivity index (χ1v) is 6.84. The topological polar surface area (TPSA) is 47.0 Å². The predicted molar refractivity (Wildman–Crippen MR) is 78.7 cm³/mol. The molecule has 18 heavy (non-hydrogen) atoms. The molecule has 0 saturated carbocycles. The number of nitrogens with zero attached hydrogens (tertiary/aromatic N) is 2. The maximum Gasteiger partial charge on any atom is 0.149 e. The monoisotopic (exact) mass is 391 g/mol. The van der Waals surface area contributed by atoms with Gasteiger partial charge in [0.25, 0.3) is 0 Å². The van der Waals surface area contributed by atoms with Crippen LogP contribution in [0.25, 0.3) is 0 Å². The van der Waals surface area contributed by atoms with Crippen molar-refractivity contribution in [1.82, 2.24) is 9.97 Å². The molecule has 0 unspecified atom stereocenters. The quantitative estimate of drug-likeness (QED) is 0.785. The highest BCUT2D eigenvalue weighted by Crippen LogP contribution is 2.33. The number of hydrogen-bond donors (Lipinski definition) is 1. The zero-order valence-electron chi connectivity index (χ0n) is 9.25. The summed E-state index contributed by atoms with van der Waals surface area (Å²) in [5, 5.41) is 3.50. The Kier molecular flexibility index (Phi) is 4.42.